The molecule has 0 spiro atoms. The fraction of sp³-hybridized carbons (Fsp3) is 0.0303. The third kappa shape index (κ3) is 3.89. The van der Waals surface area contributed by atoms with Crippen LogP contribution in [0.25, 0.3) is 43.9 Å². The smallest absolute Gasteiger partial charge is 0.231 e. The van der Waals surface area contributed by atoms with Gasteiger partial charge in [0.2, 0.25) is 5.71 Å². The zero-order valence-corrected chi connectivity index (χ0v) is 20.1. The van der Waals surface area contributed by atoms with Crippen molar-refractivity contribution in [3.8, 4) is 22.4 Å². The third-order valence-corrected chi connectivity index (χ3v) is 6.96. The zero-order valence-electron chi connectivity index (χ0n) is 20.1. The molecule has 5 aromatic carbocycles. The SMILES string of the molecule is c1ccc(-c2cccc([N+]3=NN=C(c4ccc(-c5c6ccccc6cc6ccccc56)cc4)C3)c2)nc1. The summed E-state index contributed by atoms with van der Waals surface area (Å²) in [6.45, 7) is 0.627. The summed E-state index contributed by atoms with van der Waals surface area (Å²) in [4.78, 5) is 4.47. The molecular formula is C33H23N4+. The molecule has 0 unspecified atom stereocenters. The first-order chi connectivity index (χ1) is 18.3. The second kappa shape index (κ2) is 8.92. The van der Waals surface area contributed by atoms with Gasteiger partial charge in [0, 0.05) is 17.3 Å². The monoisotopic (exact) mass is 475 g/mol. The first-order valence-electron chi connectivity index (χ1n) is 12.4. The molecule has 0 bridgehead atoms. The maximum absolute atomic E-state index is 4.52. The molecular weight excluding hydrogens is 452 g/mol. The Balaban J connectivity index is 1.18. The molecule has 0 radical (unpaired) electrons. The highest BCUT2D eigenvalue weighted by Gasteiger charge is 2.24. The van der Waals surface area contributed by atoms with Gasteiger partial charge >= 0.3 is 0 Å². The lowest BCUT2D eigenvalue weighted by molar-refractivity contribution is -0.492. The Morgan fingerprint density at radius 1 is 0.568 bits per heavy atom. The standard InChI is InChI=1S/C33H23N4/c1-3-12-29-25(8-1)20-26-9-2-4-13-30(26)33(29)24-17-15-23(16-18-24)32-22-37(36-35-32)28-11-7-10-27(21-28)31-14-5-6-19-34-31/h1-21H,22H2/q+1. The van der Waals surface area contributed by atoms with Gasteiger partial charge in [0.25, 0.3) is 0 Å². The van der Waals surface area contributed by atoms with Crippen molar-refractivity contribution in [2.24, 2.45) is 10.3 Å². The van der Waals surface area contributed by atoms with E-state index in [0.29, 0.717) is 6.54 Å². The van der Waals surface area contributed by atoms with Crippen LogP contribution in [0.1, 0.15) is 5.56 Å². The van der Waals surface area contributed by atoms with Crippen LogP contribution in [-0.4, -0.2) is 21.9 Å². The molecule has 0 saturated carbocycles. The van der Waals surface area contributed by atoms with Gasteiger partial charge in [-0.25, -0.2) is 0 Å². The number of hydrogen-bond acceptors (Lipinski definition) is 3. The summed E-state index contributed by atoms with van der Waals surface area (Å²) < 4.78 is 1.94. The van der Waals surface area contributed by atoms with Crippen molar-refractivity contribution >= 4 is 32.9 Å². The Bertz CT molecular complexity index is 1780. The molecule has 0 aliphatic carbocycles. The van der Waals surface area contributed by atoms with Gasteiger partial charge in [0.1, 0.15) is 5.22 Å². The summed E-state index contributed by atoms with van der Waals surface area (Å²) in [5.41, 5.74) is 7.52. The lowest BCUT2D eigenvalue weighted by atomic mass is 9.91. The zero-order chi connectivity index (χ0) is 24.6. The molecule has 0 fully saturated rings. The number of aromatic nitrogens is 1. The highest BCUT2D eigenvalue weighted by molar-refractivity contribution is 6.13. The van der Waals surface area contributed by atoms with Gasteiger partial charge in [-0.3, -0.25) is 4.98 Å². The normalized spacial score (nSPS) is 13.1. The minimum Gasteiger partial charge on any atom is -0.256 e. The highest BCUT2D eigenvalue weighted by Crippen LogP contribution is 2.36. The first kappa shape index (κ1) is 21.3. The Kier molecular flexibility index (Phi) is 5.14. The van der Waals surface area contributed by atoms with Crippen molar-refractivity contribution < 1.29 is 4.70 Å². The maximum Gasteiger partial charge on any atom is 0.231 e. The minimum atomic E-state index is 0.627. The van der Waals surface area contributed by atoms with E-state index in [2.05, 4.69) is 112 Å². The van der Waals surface area contributed by atoms with E-state index in [0.717, 1.165) is 28.2 Å². The Hall–Kier alpha value is -4.96. The maximum atomic E-state index is 4.52. The van der Waals surface area contributed by atoms with Crippen molar-refractivity contribution in [2.45, 2.75) is 0 Å². The second-order valence-corrected chi connectivity index (χ2v) is 9.23. The van der Waals surface area contributed by atoms with E-state index >= 15 is 0 Å². The van der Waals surface area contributed by atoms with Crippen molar-refractivity contribution in [1.82, 2.24) is 4.98 Å². The van der Waals surface area contributed by atoms with Crippen LogP contribution in [-0.2, 0) is 0 Å². The van der Waals surface area contributed by atoms with Gasteiger partial charge in [-0.2, -0.15) is 0 Å². The Labute approximate surface area is 214 Å². The van der Waals surface area contributed by atoms with Gasteiger partial charge < -0.3 is 0 Å². The molecule has 37 heavy (non-hydrogen) atoms. The van der Waals surface area contributed by atoms with Crippen LogP contribution in [0, 0.1) is 0 Å². The van der Waals surface area contributed by atoms with Crippen LogP contribution in [0.3, 0.4) is 0 Å². The number of benzene rings is 5. The summed E-state index contributed by atoms with van der Waals surface area (Å²) in [5.74, 6) is 0. The quantitative estimate of drug-likeness (QED) is 0.187. The molecule has 4 nitrogen and oxygen atoms in total. The van der Waals surface area contributed by atoms with Gasteiger partial charge in [0.05, 0.1) is 10.8 Å². The Morgan fingerprint density at radius 3 is 2.00 bits per heavy atom. The van der Waals surface area contributed by atoms with Gasteiger partial charge in [-0.15, -0.1) is 4.70 Å². The van der Waals surface area contributed by atoms with Crippen LogP contribution in [0.4, 0.5) is 5.69 Å². The van der Waals surface area contributed by atoms with Crippen molar-refractivity contribution in [3.05, 3.63) is 133 Å². The van der Waals surface area contributed by atoms with Crippen LogP contribution in [0.5, 0.6) is 0 Å². The number of pyridine rings is 1. The molecule has 0 atom stereocenters. The van der Waals surface area contributed by atoms with Crippen molar-refractivity contribution in [2.75, 3.05) is 6.54 Å². The third-order valence-electron chi connectivity index (χ3n) is 6.96. The Morgan fingerprint density at radius 2 is 1.27 bits per heavy atom. The topological polar surface area (TPSA) is 40.6 Å². The number of hydrogen-bond donors (Lipinski definition) is 0. The highest BCUT2D eigenvalue weighted by atomic mass is 15.5. The largest absolute Gasteiger partial charge is 0.256 e. The molecule has 2 heterocycles. The summed E-state index contributed by atoms with van der Waals surface area (Å²) in [6.07, 6.45) is 1.81. The van der Waals surface area contributed by atoms with Crippen LogP contribution in [0.15, 0.2) is 138 Å². The molecule has 1 aliphatic rings. The van der Waals surface area contributed by atoms with E-state index in [9.17, 15) is 0 Å². The lowest BCUT2D eigenvalue weighted by Crippen LogP contribution is -2.11. The van der Waals surface area contributed by atoms with Gasteiger partial charge in [-0.1, -0.05) is 91.0 Å². The average Bonchev–Trinajstić information content (AvgIpc) is 3.47. The predicted octanol–water partition coefficient (Wildman–Crippen LogP) is 8.24. The van der Waals surface area contributed by atoms with Crippen molar-refractivity contribution in [3.63, 3.8) is 0 Å². The molecule has 0 N–H and O–H groups in total. The van der Waals surface area contributed by atoms with Crippen LogP contribution in [0.2, 0.25) is 0 Å². The fourth-order valence-corrected chi connectivity index (χ4v) is 5.12. The fourth-order valence-electron chi connectivity index (χ4n) is 5.12. The van der Waals surface area contributed by atoms with E-state index in [1.54, 1.807) is 0 Å². The summed E-state index contributed by atoms with van der Waals surface area (Å²) >= 11 is 0. The molecule has 4 heteroatoms. The molecule has 0 amide bonds. The molecule has 6 aromatic rings. The number of rotatable bonds is 4. The first-order valence-corrected chi connectivity index (χ1v) is 12.4. The van der Waals surface area contributed by atoms with Crippen molar-refractivity contribution in [1.29, 1.82) is 0 Å². The summed E-state index contributed by atoms with van der Waals surface area (Å²) in [6, 6.07) is 42.4. The van der Waals surface area contributed by atoms with E-state index in [-0.39, 0.29) is 0 Å². The summed E-state index contributed by atoms with van der Waals surface area (Å²) in [7, 11) is 0. The number of fused-ring (bicyclic) bond motifs is 2. The van der Waals surface area contributed by atoms with E-state index in [1.807, 2.05) is 35.2 Å². The van der Waals surface area contributed by atoms with E-state index in [4.69, 9.17) is 0 Å². The van der Waals surface area contributed by atoms with Gasteiger partial charge in [0.15, 0.2) is 12.2 Å². The molecule has 1 aromatic heterocycles. The van der Waals surface area contributed by atoms with Crippen LogP contribution >= 0.6 is 0 Å². The minimum absolute atomic E-state index is 0.627. The van der Waals surface area contributed by atoms with E-state index < -0.39 is 0 Å². The second-order valence-electron chi connectivity index (χ2n) is 9.23. The molecule has 1 aliphatic heterocycles. The van der Waals surface area contributed by atoms with E-state index in [1.165, 1.54) is 32.7 Å². The molecule has 0 saturated heterocycles. The molecule has 7 rings (SSSR count). The van der Waals surface area contributed by atoms with Gasteiger partial charge in [-0.05, 0) is 63.0 Å². The summed E-state index contributed by atoms with van der Waals surface area (Å²) in [5, 5.41) is 14.0. The predicted molar refractivity (Wildman–Crippen MR) is 150 cm³/mol. The van der Waals surface area contributed by atoms with Crippen LogP contribution < -0.4 is 0 Å². The molecule has 174 valence electrons. The lowest BCUT2D eigenvalue weighted by Gasteiger charge is -2.12. The average molecular weight is 476 g/mol. The number of nitrogens with zero attached hydrogens (tertiary/aromatic N) is 4.